The van der Waals surface area contributed by atoms with Crippen LogP contribution in [0.4, 0.5) is 0 Å². The zero-order chi connectivity index (χ0) is 19.6. The van der Waals surface area contributed by atoms with Crippen molar-refractivity contribution < 1.29 is 31.7 Å². The summed E-state index contributed by atoms with van der Waals surface area (Å²) in [6.07, 6.45) is 2.78. The normalized spacial score (nSPS) is 23.2. The maximum atomic E-state index is 12.4. The van der Waals surface area contributed by atoms with Crippen molar-refractivity contribution in [1.29, 1.82) is 0 Å². The van der Waals surface area contributed by atoms with Crippen LogP contribution in [0.5, 0.6) is 0 Å². The fourth-order valence-corrected chi connectivity index (χ4v) is 4.91. The molecule has 3 rings (SSSR count). The van der Waals surface area contributed by atoms with Crippen LogP contribution in [0, 0.1) is 0 Å². The van der Waals surface area contributed by atoms with Crippen LogP contribution < -0.4 is 0 Å². The molecule has 1 fully saturated rings. The van der Waals surface area contributed by atoms with Crippen molar-refractivity contribution in [2.45, 2.75) is 32.4 Å². The number of fused-ring (bicyclic) bond motifs is 3. The lowest BCUT2D eigenvalue weighted by Gasteiger charge is -2.20. The highest BCUT2D eigenvalue weighted by Gasteiger charge is 2.52. The van der Waals surface area contributed by atoms with Crippen LogP contribution in [0.3, 0.4) is 0 Å². The lowest BCUT2D eigenvalue weighted by Crippen LogP contribution is -2.29. The monoisotopic (exact) mass is 395 g/mol. The Kier molecular flexibility index (Phi) is 5.64. The second kappa shape index (κ2) is 7.79. The molecule has 27 heavy (non-hydrogen) atoms. The number of esters is 2. The van der Waals surface area contributed by atoms with Crippen molar-refractivity contribution in [1.82, 2.24) is 4.31 Å². The predicted molar refractivity (Wildman–Crippen MR) is 95.6 cm³/mol. The summed E-state index contributed by atoms with van der Waals surface area (Å²) in [4.78, 5) is 23.6. The van der Waals surface area contributed by atoms with E-state index in [-0.39, 0.29) is 26.2 Å². The van der Waals surface area contributed by atoms with E-state index < -0.39 is 34.3 Å². The number of ether oxygens (including phenoxy) is 2. The lowest BCUT2D eigenvalue weighted by molar-refractivity contribution is -0.144. The van der Waals surface area contributed by atoms with E-state index in [2.05, 4.69) is 0 Å². The molecule has 0 radical (unpaired) electrons. The summed E-state index contributed by atoms with van der Waals surface area (Å²) < 4.78 is 40.9. The van der Waals surface area contributed by atoms with Crippen LogP contribution in [0.15, 0.2) is 24.3 Å². The maximum Gasteiger partial charge on any atom is 0.339 e. The van der Waals surface area contributed by atoms with Gasteiger partial charge in [-0.2, -0.15) is 12.7 Å². The van der Waals surface area contributed by atoms with Gasteiger partial charge < -0.3 is 9.47 Å². The average molecular weight is 395 g/mol. The molecule has 0 saturated carbocycles. The minimum Gasteiger partial charge on any atom is -0.466 e. The Balaban J connectivity index is 2.01. The number of nitrogens with zero attached hydrogens (tertiary/aromatic N) is 1. The van der Waals surface area contributed by atoms with Crippen molar-refractivity contribution in [3.05, 3.63) is 41.0 Å². The summed E-state index contributed by atoms with van der Waals surface area (Å²) in [5.74, 6) is -0.966. The van der Waals surface area contributed by atoms with Gasteiger partial charge in [-0.3, -0.25) is 8.98 Å². The molecule has 0 N–H and O–H groups in total. The van der Waals surface area contributed by atoms with Crippen LogP contribution in [-0.2, 0) is 33.6 Å². The number of rotatable bonds is 6. The van der Waals surface area contributed by atoms with Crippen molar-refractivity contribution in [3.8, 4) is 0 Å². The highest BCUT2D eigenvalue weighted by atomic mass is 32.2. The van der Waals surface area contributed by atoms with Gasteiger partial charge >= 0.3 is 22.2 Å². The first-order valence-electron chi connectivity index (χ1n) is 8.70. The van der Waals surface area contributed by atoms with Gasteiger partial charge in [0.1, 0.15) is 0 Å². The zero-order valence-corrected chi connectivity index (χ0v) is 15.9. The molecule has 2 aliphatic heterocycles. The SMILES string of the molecule is CCOC(=O)/C=C/c1cccc2c1[C@H]1COS(=O)(=O)N1[C@@H]2CC(=O)OCC. The molecule has 2 atom stereocenters. The van der Waals surface area contributed by atoms with E-state index in [0.717, 1.165) is 5.56 Å². The van der Waals surface area contributed by atoms with E-state index in [4.69, 9.17) is 13.7 Å². The Morgan fingerprint density at radius 2 is 2.00 bits per heavy atom. The highest BCUT2D eigenvalue weighted by Crippen LogP contribution is 2.50. The first-order chi connectivity index (χ1) is 12.9. The van der Waals surface area contributed by atoms with Gasteiger partial charge in [-0.15, -0.1) is 0 Å². The molecule has 1 aromatic rings. The second-order valence-electron chi connectivity index (χ2n) is 6.05. The maximum absolute atomic E-state index is 12.4. The molecule has 2 aliphatic rings. The van der Waals surface area contributed by atoms with Crippen LogP contribution in [0.1, 0.15) is 49.0 Å². The minimum absolute atomic E-state index is 0.0427. The Labute approximate surface area is 158 Å². The smallest absolute Gasteiger partial charge is 0.339 e. The molecule has 0 amide bonds. The van der Waals surface area contributed by atoms with Crippen LogP contribution in [-0.4, -0.2) is 44.5 Å². The first-order valence-corrected chi connectivity index (χ1v) is 10.1. The van der Waals surface area contributed by atoms with Gasteiger partial charge in [-0.05, 0) is 36.6 Å². The minimum atomic E-state index is -3.95. The molecule has 0 aliphatic carbocycles. The van der Waals surface area contributed by atoms with Gasteiger partial charge in [0.15, 0.2) is 0 Å². The third-order valence-electron chi connectivity index (χ3n) is 4.46. The molecule has 2 heterocycles. The molecular weight excluding hydrogens is 374 g/mol. The summed E-state index contributed by atoms with van der Waals surface area (Å²) in [5, 5.41) is 0. The molecule has 0 bridgehead atoms. The Hall–Kier alpha value is -2.23. The third-order valence-corrected chi connectivity index (χ3v) is 5.92. The Morgan fingerprint density at radius 1 is 1.26 bits per heavy atom. The van der Waals surface area contributed by atoms with E-state index in [0.29, 0.717) is 11.1 Å². The fourth-order valence-electron chi connectivity index (χ4n) is 3.51. The molecule has 1 saturated heterocycles. The van der Waals surface area contributed by atoms with Crippen LogP contribution >= 0.6 is 0 Å². The van der Waals surface area contributed by atoms with Crippen LogP contribution in [0.25, 0.3) is 6.08 Å². The van der Waals surface area contributed by atoms with Crippen molar-refractivity contribution in [2.75, 3.05) is 19.8 Å². The fraction of sp³-hybridized carbons (Fsp3) is 0.444. The quantitative estimate of drug-likeness (QED) is 0.536. The molecular formula is C18H21NO7S. The Bertz CT molecular complexity index is 878. The molecule has 0 spiro atoms. The Morgan fingerprint density at radius 3 is 2.70 bits per heavy atom. The topological polar surface area (TPSA) is 99.2 Å². The molecule has 8 nitrogen and oxygen atoms in total. The molecule has 9 heteroatoms. The number of hydrogen-bond acceptors (Lipinski definition) is 7. The van der Waals surface area contributed by atoms with Crippen molar-refractivity contribution in [2.24, 2.45) is 0 Å². The molecule has 146 valence electrons. The molecule has 0 aromatic heterocycles. The van der Waals surface area contributed by atoms with Gasteiger partial charge in [0.2, 0.25) is 0 Å². The predicted octanol–water partition coefficient (Wildman–Crippen LogP) is 1.89. The van der Waals surface area contributed by atoms with Gasteiger partial charge in [0.25, 0.3) is 0 Å². The number of carbonyl (C=O) groups excluding carboxylic acids is 2. The van der Waals surface area contributed by atoms with E-state index in [1.54, 1.807) is 38.1 Å². The summed E-state index contributed by atoms with van der Waals surface area (Å²) >= 11 is 0. The molecule has 0 unspecified atom stereocenters. The summed E-state index contributed by atoms with van der Waals surface area (Å²) in [6.45, 7) is 3.84. The summed E-state index contributed by atoms with van der Waals surface area (Å²) in [6, 6.07) is 4.08. The van der Waals surface area contributed by atoms with E-state index in [9.17, 15) is 18.0 Å². The van der Waals surface area contributed by atoms with Crippen molar-refractivity contribution >= 4 is 28.3 Å². The lowest BCUT2D eigenvalue weighted by atomic mass is 9.95. The van der Waals surface area contributed by atoms with E-state index >= 15 is 0 Å². The third kappa shape index (κ3) is 3.76. The number of hydrogen-bond donors (Lipinski definition) is 0. The average Bonchev–Trinajstić information content (AvgIpc) is 3.10. The van der Waals surface area contributed by atoms with Gasteiger partial charge in [0, 0.05) is 6.08 Å². The molecule has 1 aromatic carbocycles. The van der Waals surface area contributed by atoms with Crippen LogP contribution in [0.2, 0.25) is 0 Å². The summed E-state index contributed by atoms with van der Waals surface area (Å²) in [5.41, 5.74) is 2.13. The zero-order valence-electron chi connectivity index (χ0n) is 15.1. The summed E-state index contributed by atoms with van der Waals surface area (Å²) in [7, 11) is -3.95. The van der Waals surface area contributed by atoms with Gasteiger partial charge in [-0.25, -0.2) is 4.79 Å². The van der Waals surface area contributed by atoms with Gasteiger partial charge in [-0.1, -0.05) is 18.2 Å². The standard InChI is InChI=1S/C18H21NO7S/c1-3-24-16(20)9-8-12-6-5-7-13-14(10-17(21)25-4-2)19-15(18(12)13)11-26-27(19,22)23/h5-9,14-15H,3-4,10-11H2,1-2H3/b9-8+/t14-,15-/m1/s1. The largest absolute Gasteiger partial charge is 0.466 e. The second-order valence-corrected chi connectivity index (χ2v) is 7.56. The highest BCUT2D eigenvalue weighted by molar-refractivity contribution is 7.84. The van der Waals surface area contributed by atoms with E-state index in [1.165, 1.54) is 10.4 Å². The first kappa shape index (κ1) is 19.5. The number of carbonyl (C=O) groups is 2. The van der Waals surface area contributed by atoms with Crippen molar-refractivity contribution in [3.63, 3.8) is 0 Å². The van der Waals surface area contributed by atoms with Gasteiger partial charge in [0.05, 0.1) is 38.3 Å². The number of benzene rings is 1. The van der Waals surface area contributed by atoms with E-state index in [1.807, 2.05) is 0 Å².